The SMILES string of the molecule is CN1CCN(C)C(CNC(=O)CNC(=O)c2cc(-c3ccccc3)on2)C1. The average molecular weight is 371 g/mol. The maximum Gasteiger partial charge on any atom is 0.273 e. The molecular formula is C19H25N5O3. The summed E-state index contributed by atoms with van der Waals surface area (Å²) in [5.74, 6) is -0.156. The summed E-state index contributed by atoms with van der Waals surface area (Å²) < 4.78 is 5.21. The largest absolute Gasteiger partial charge is 0.355 e. The summed E-state index contributed by atoms with van der Waals surface area (Å²) in [6, 6.07) is 11.2. The number of aromatic nitrogens is 1. The summed E-state index contributed by atoms with van der Waals surface area (Å²) >= 11 is 0. The van der Waals surface area contributed by atoms with E-state index in [1.165, 1.54) is 0 Å². The zero-order chi connectivity index (χ0) is 19.2. The molecular weight excluding hydrogens is 346 g/mol. The monoisotopic (exact) mass is 371 g/mol. The van der Waals surface area contributed by atoms with Crippen molar-refractivity contribution in [2.75, 3.05) is 46.8 Å². The molecule has 1 fully saturated rings. The molecule has 1 aromatic heterocycles. The molecule has 0 bridgehead atoms. The fourth-order valence-electron chi connectivity index (χ4n) is 2.99. The van der Waals surface area contributed by atoms with Crippen LogP contribution in [0.2, 0.25) is 0 Å². The summed E-state index contributed by atoms with van der Waals surface area (Å²) in [4.78, 5) is 28.7. The fraction of sp³-hybridized carbons (Fsp3) is 0.421. The second-order valence-corrected chi connectivity index (χ2v) is 6.83. The molecule has 8 nitrogen and oxygen atoms in total. The Bertz CT molecular complexity index is 777. The zero-order valence-electron chi connectivity index (χ0n) is 15.6. The number of nitrogens with one attached hydrogen (secondary N) is 2. The molecule has 3 rings (SSSR count). The van der Waals surface area contributed by atoms with Gasteiger partial charge in [0.15, 0.2) is 11.5 Å². The van der Waals surface area contributed by atoms with E-state index in [2.05, 4.69) is 39.7 Å². The maximum atomic E-state index is 12.2. The van der Waals surface area contributed by atoms with E-state index < -0.39 is 5.91 Å². The number of amides is 2. The molecule has 27 heavy (non-hydrogen) atoms. The minimum Gasteiger partial charge on any atom is -0.355 e. The summed E-state index contributed by atoms with van der Waals surface area (Å²) in [5.41, 5.74) is 0.985. The highest BCUT2D eigenvalue weighted by Crippen LogP contribution is 2.19. The van der Waals surface area contributed by atoms with Crippen molar-refractivity contribution >= 4 is 11.8 Å². The van der Waals surface area contributed by atoms with Crippen LogP contribution < -0.4 is 10.6 Å². The first-order valence-electron chi connectivity index (χ1n) is 8.99. The zero-order valence-corrected chi connectivity index (χ0v) is 15.6. The van der Waals surface area contributed by atoms with Gasteiger partial charge in [-0.2, -0.15) is 0 Å². The normalized spacial score (nSPS) is 18.2. The average Bonchev–Trinajstić information content (AvgIpc) is 3.18. The van der Waals surface area contributed by atoms with Crippen molar-refractivity contribution in [1.29, 1.82) is 0 Å². The quantitative estimate of drug-likeness (QED) is 0.766. The van der Waals surface area contributed by atoms with Crippen LogP contribution in [0.1, 0.15) is 10.5 Å². The Morgan fingerprint density at radius 2 is 1.96 bits per heavy atom. The van der Waals surface area contributed by atoms with Crippen molar-refractivity contribution in [3.63, 3.8) is 0 Å². The number of likely N-dealkylation sites (N-methyl/N-ethyl adjacent to an activating group) is 2. The van der Waals surface area contributed by atoms with E-state index in [4.69, 9.17) is 4.52 Å². The lowest BCUT2D eigenvalue weighted by molar-refractivity contribution is -0.120. The van der Waals surface area contributed by atoms with E-state index in [9.17, 15) is 9.59 Å². The van der Waals surface area contributed by atoms with Gasteiger partial charge >= 0.3 is 0 Å². The van der Waals surface area contributed by atoms with Crippen LogP contribution in [0.25, 0.3) is 11.3 Å². The topological polar surface area (TPSA) is 90.7 Å². The van der Waals surface area contributed by atoms with Gasteiger partial charge in [0.05, 0.1) is 6.54 Å². The number of nitrogens with zero attached hydrogens (tertiary/aromatic N) is 3. The van der Waals surface area contributed by atoms with Gasteiger partial charge in [-0.25, -0.2) is 0 Å². The van der Waals surface area contributed by atoms with Crippen LogP contribution in [-0.2, 0) is 4.79 Å². The fourth-order valence-corrected chi connectivity index (χ4v) is 2.99. The van der Waals surface area contributed by atoms with Crippen molar-refractivity contribution in [2.45, 2.75) is 6.04 Å². The van der Waals surface area contributed by atoms with Crippen LogP contribution in [-0.4, -0.2) is 79.6 Å². The first-order chi connectivity index (χ1) is 13.0. The number of hydrogen-bond acceptors (Lipinski definition) is 6. The molecule has 2 N–H and O–H groups in total. The Kier molecular flexibility index (Phi) is 6.20. The highest BCUT2D eigenvalue weighted by molar-refractivity contribution is 5.95. The van der Waals surface area contributed by atoms with Gasteiger partial charge in [-0.1, -0.05) is 35.5 Å². The van der Waals surface area contributed by atoms with Gasteiger partial charge in [0.2, 0.25) is 5.91 Å². The molecule has 2 heterocycles. The van der Waals surface area contributed by atoms with Crippen molar-refractivity contribution in [2.24, 2.45) is 0 Å². The van der Waals surface area contributed by atoms with Gasteiger partial charge in [-0.15, -0.1) is 0 Å². The van der Waals surface area contributed by atoms with Crippen molar-refractivity contribution < 1.29 is 14.1 Å². The van der Waals surface area contributed by atoms with Crippen LogP contribution in [0.15, 0.2) is 40.9 Å². The molecule has 1 aromatic carbocycles. The third-order valence-corrected chi connectivity index (χ3v) is 4.73. The predicted molar refractivity (Wildman–Crippen MR) is 101 cm³/mol. The minimum atomic E-state index is -0.439. The highest BCUT2D eigenvalue weighted by atomic mass is 16.5. The van der Waals surface area contributed by atoms with E-state index >= 15 is 0 Å². The molecule has 0 radical (unpaired) electrons. The van der Waals surface area contributed by atoms with E-state index in [1.54, 1.807) is 6.07 Å². The Morgan fingerprint density at radius 3 is 2.74 bits per heavy atom. The van der Waals surface area contributed by atoms with Gasteiger partial charge in [0, 0.05) is 43.9 Å². The summed E-state index contributed by atoms with van der Waals surface area (Å²) in [5, 5.41) is 9.23. The van der Waals surface area contributed by atoms with E-state index in [0.29, 0.717) is 12.3 Å². The smallest absolute Gasteiger partial charge is 0.273 e. The molecule has 0 saturated carbocycles. The second kappa shape index (κ2) is 8.79. The molecule has 0 spiro atoms. The van der Waals surface area contributed by atoms with E-state index in [0.717, 1.165) is 25.2 Å². The van der Waals surface area contributed by atoms with Gasteiger partial charge in [0.1, 0.15) is 0 Å². The number of carbonyl (C=O) groups excluding carboxylic acids is 2. The third-order valence-electron chi connectivity index (χ3n) is 4.73. The van der Waals surface area contributed by atoms with Crippen LogP contribution in [0, 0.1) is 0 Å². The van der Waals surface area contributed by atoms with Crippen molar-refractivity contribution in [3.05, 3.63) is 42.1 Å². The number of carbonyl (C=O) groups is 2. The van der Waals surface area contributed by atoms with Gasteiger partial charge in [-0.05, 0) is 14.1 Å². The summed E-state index contributed by atoms with van der Waals surface area (Å²) in [6.07, 6.45) is 0. The summed E-state index contributed by atoms with van der Waals surface area (Å²) in [6.45, 7) is 3.37. The molecule has 1 aliphatic heterocycles. The van der Waals surface area contributed by atoms with E-state index in [1.807, 2.05) is 30.3 Å². The van der Waals surface area contributed by atoms with Crippen LogP contribution >= 0.6 is 0 Å². The first kappa shape index (κ1) is 19.1. The highest BCUT2D eigenvalue weighted by Gasteiger charge is 2.22. The van der Waals surface area contributed by atoms with Crippen molar-refractivity contribution in [1.82, 2.24) is 25.6 Å². The standard InChI is InChI=1S/C19H25N5O3/c1-23-8-9-24(2)15(13-23)11-20-18(25)12-21-19(26)16-10-17(27-22-16)14-6-4-3-5-7-14/h3-7,10,15H,8-9,11-13H2,1-2H3,(H,20,25)(H,21,26). The van der Waals surface area contributed by atoms with E-state index in [-0.39, 0.29) is 24.2 Å². The van der Waals surface area contributed by atoms with Gasteiger partial charge < -0.3 is 20.1 Å². The van der Waals surface area contributed by atoms with Crippen LogP contribution in [0.4, 0.5) is 0 Å². The molecule has 1 atom stereocenters. The lowest BCUT2D eigenvalue weighted by Gasteiger charge is -2.37. The lowest BCUT2D eigenvalue weighted by Crippen LogP contribution is -2.55. The molecule has 8 heteroatoms. The second-order valence-electron chi connectivity index (χ2n) is 6.83. The Balaban J connectivity index is 1.45. The Hall–Kier alpha value is -2.71. The number of hydrogen-bond donors (Lipinski definition) is 2. The molecule has 144 valence electrons. The molecule has 1 unspecified atom stereocenters. The molecule has 2 amide bonds. The first-order valence-corrected chi connectivity index (χ1v) is 8.99. The molecule has 0 aliphatic carbocycles. The predicted octanol–water partition coefficient (Wildman–Crippen LogP) is 0.433. The number of rotatable bonds is 6. The van der Waals surface area contributed by atoms with Gasteiger partial charge in [-0.3, -0.25) is 14.5 Å². The minimum absolute atomic E-state index is 0.0986. The lowest BCUT2D eigenvalue weighted by atomic mass is 10.1. The Morgan fingerprint density at radius 1 is 1.19 bits per heavy atom. The number of benzene rings is 1. The van der Waals surface area contributed by atoms with Gasteiger partial charge in [0.25, 0.3) is 5.91 Å². The third kappa shape index (κ3) is 5.15. The number of piperazine rings is 1. The molecule has 1 aliphatic rings. The van der Waals surface area contributed by atoms with Crippen LogP contribution in [0.3, 0.4) is 0 Å². The molecule has 1 saturated heterocycles. The van der Waals surface area contributed by atoms with Crippen LogP contribution in [0.5, 0.6) is 0 Å². The Labute approximate surface area is 158 Å². The summed E-state index contributed by atoms with van der Waals surface area (Å²) in [7, 11) is 4.13. The van der Waals surface area contributed by atoms with Crippen molar-refractivity contribution in [3.8, 4) is 11.3 Å². The maximum absolute atomic E-state index is 12.2. The molecule has 2 aromatic rings.